The zero-order valence-corrected chi connectivity index (χ0v) is 9.83. The van der Waals surface area contributed by atoms with Crippen LogP contribution in [0.2, 0.25) is 0 Å². The summed E-state index contributed by atoms with van der Waals surface area (Å²) in [5, 5.41) is 3.18. The third-order valence-electron chi connectivity index (χ3n) is 2.67. The molecule has 1 aromatic carbocycles. The number of nitrogens with one attached hydrogen (secondary N) is 2. The topological polar surface area (TPSA) is 58.2 Å². The number of benzene rings is 1. The van der Waals surface area contributed by atoms with E-state index in [1.54, 1.807) is 30.3 Å². The van der Waals surface area contributed by atoms with Crippen LogP contribution in [-0.2, 0) is 10.0 Å². The molecule has 1 heterocycles. The van der Waals surface area contributed by atoms with Crippen LogP contribution in [0.4, 0.5) is 0 Å². The second kappa shape index (κ2) is 4.95. The zero-order chi connectivity index (χ0) is 11.4. The molecule has 0 amide bonds. The van der Waals surface area contributed by atoms with Gasteiger partial charge in [0.15, 0.2) is 0 Å². The van der Waals surface area contributed by atoms with Gasteiger partial charge in [-0.05, 0) is 31.5 Å². The lowest BCUT2D eigenvalue weighted by Crippen LogP contribution is -2.45. The molecule has 0 bridgehead atoms. The smallest absolute Gasteiger partial charge is 0.240 e. The fourth-order valence-electron chi connectivity index (χ4n) is 1.84. The van der Waals surface area contributed by atoms with Crippen molar-refractivity contribution in [2.45, 2.75) is 23.8 Å². The molecule has 16 heavy (non-hydrogen) atoms. The van der Waals surface area contributed by atoms with Crippen LogP contribution >= 0.6 is 0 Å². The molecule has 1 aromatic rings. The first kappa shape index (κ1) is 11.6. The zero-order valence-electron chi connectivity index (χ0n) is 9.02. The van der Waals surface area contributed by atoms with Crippen molar-refractivity contribution in [3.05, 3.63) is 30.3 Å². The van der Waals surface area contributed by atoms with E-state index in [1.165, 1.54) is 0 Å². The molecular weight excluding hydrogens is 224 g/mol. The van der Waals surface area contributed by atoms with Crippen LogP contribution in [0.1, 0.15) is 12.8 Å². The van der Waals surface area contributed by atoms with Gasteiger partial charge in [0.05, 0.1) is 4.90 Å². The first-order valence-electron chi connectivity index (χ1n) is 5.46. The molecule has 0 aliphatic carbocycles. The molecule has 4 nitrogen and oxygen atoms in total. The molecule has 0 spiro atoms. The summed E-state index contributed by atoms with van der Waals surface area (Å²) in [5.41, 5.74) is 0. The predicted molar refractivity (Wildman–Crippen MR) is 62.7 cm³/mol. The van der Waals surface area contributed by atoms with Gasteiger partial charge in [-0.25, -0.2) is 13.1 Å². The van der Waals surface area contributed by atoms with Gasteiger partial charge in [-0.3, -0.25) is 0 Å². The van der Waals surface area contributed by atoms with Crippen molar-refractivity contribution in [3.63, 3.8) is 0 Å². The Morgan fingerprint density at radius 3 is 2.62 bits per heavy atom. The quantitative estimate of drug-likeness (QED) is 0.818. The Kier molecular flexibility index (Phi) is 3.58. The van der Waals surface area contributed by atoms with Crippen molar-refractivity contribution >= 4 is 10.0 Å². The van der Waals surface area contributed by atoms with E-state index in [2.05, 4.69) is 10.0 Å². The minimum Gasteiger partial charge on any atom is -0.315 e. The van der Waals surface area contributed by atoms with Gasteiger partial charge in [0.2, 0.25) is 10.0 Å². The summed E-state index contributed by atoms with van der Waals surface area (Å²) < 4.78 is 26.6. The van der Waals surface area contributed by atoms with Crippen LogP contribution < -0.4 is 10.0 Å². The Balaban J connectivity index is 2.08. The van der Waals surface area contributed by atoms with E-state index in [1.807, 2.05) is 0 Å². The average Bonchev–Trinajstić information content (AvgIpc) is 2.31. The maximum Gasteiger partial charge on any atom is 0.240 e. The van der Waals surface area contributed by atoms with Crippen LogP contribution in [0.5, 0.6) is 0 Å². The lowest BCUT2D eigenvalue weighted by molar-refractivity contribution is 0.428. The highest BCUT2D eigenvalue weighted by Crippen LogP contribution is 2.10. The van der Waals surface area contributed by atoms with Crippen molar-refractivity contribution in [1.82, 2.24) is 10.0 Å². The molecule has 1 aliphatic rings. The summed E-state index contributed by atoms with van der Waals surface area (Å²) >= 11 is 0. The van der Waals surface area contributed by atoms with Gasteiger partial charge in [0, 0.05) is 12.6 Å². The van der Waals surface area contributed by atoms with E-state index in [0.29, 0.717) is 11.4 Å². The van der Waals surface area contributed by atoms with E-state index in [9.17, 15) is 8.42 Å². The van der Waals surface area contributed by atoms with Crippen molar-refractivity contribution < 1.29 is 8.42 Å². The highest BCUT2D eigenvalue weighted by Gasteiger charge is 2.20. The number of hydrogen-bond acceptors (Lipinski definition) is 3. The Morgan fingerprint density at radius 2 is 2.00 bits per heavy atom. The lowest BCUT2D eigenvalue weighted by atomic mass is 10.1. The molecule has 0 unspecified atom stereocenters. The van der Waals surface area contributed by atoms with Crippen molar-refractivity contribution in [1.29, 1.82) is 0 Å². The Bertz CT molecular complexity index is 425. The highest BCUT2D eigenvalue weighted by molar-refractivity contribution is 7.89. The van der Waals surface area contributed by atoms with E-state index >= 15 is 0 Å². The minimum atomic E-state index is -3.35. The summed E-state index contributed by atoms with van der Waals surface area (Å²) in [7, 11) is -3.35. The van der Waals surface area contributed by atoms with Crippen molar-refractivity contribution in [3.8, 4) is 0 Å². The van der Waals surface area contributed by atoms with Gasteiger partial charge in [0.1, 0.15) is 0 Å². The van der Waals surface area contributed by atoms with Gasteiger partial charge in [0.25, 0.3) is 0 Å². The third-order valence-corrected chi connectivity index (χ3v) is 4.21. The number of hydrogen-bond donors (Lipinski definition) is 2. The molecule has 88 valence electrons. The van der Waals surface area contributed by atoms with E-state index in [0.717, 1.165) is 19.4 Å². The van der Waals surface area contributed by atoms with Crippen molar-refractivity contribution in [2.75, 3.05) is 13.1 Å². The molecule has 5 heteroatoms. The summed E-state index contributed by atoms with van der Waals surface area (Å²) in [4.78, 5) is 0.334. The third kappa shape index (κ3) is 2.81. The fraction of sp³-hybridized carbons (Fsp3) is 0.455. The maximum absolute atomic E-state index is 12.0. The molecule has 0 radical (unpaired) electrons. The van der Waals surface area contributed by atoms with Crippen LogP contribution in [0.25, 0.3) is 0 Å². The largest absolute Gasteiger partial charge is 0.315 e. The molecule has 0 aromatic heterocycles. The standard InChI is InChI=1S/C11H16N2O2S/c14-16(15,11-6-2-1-3-7-11)13-10-5-4-8-12-9-10/h1-3,6-7,10,12-13H,4-5,8-9H2/t10-/m0/s1. The second-order valence-corrected chi connectivity index (χ2v) is 5.69. The van der Waals surface area contributed by atoms with E-state index in [4.69, 9.17) is 0 Å². The summed E-state index contributed by atoms with van der Waals surface area (Å²) in [5.74, 6) is 0. The Morgan fingerprint density at radius 1 is 1.25 bits per heavy atom. The first-order chi connectivity index (χ1) is 7.68. The second-order valence-electron chi connectivity index (χ2n) is 3.98. The van der Waals surface area contributed by atoms with Crippen LogP contribution in [-0.4, -0.2) is 27.5 Å². The molecule has 1 aliphatic heterocycles. The van der Waals surface area contributed by atoms with E-state index in [-0.39, 0.29) is 6.04 Å². The minimum absolute atomic E-state index is 0.0129. The average molecular weight is 240 g/mol. The van der Waals surface area contributed by atoms with Gasteiger partial charge < -0.3 is 5.32 Å². The number of sulfonamides is 1. The maximum atomic E-state index is 12.0. The molecule has 2 rings (SSSR count). The molecule has 0 saturated carbocycles. The lowest BCUT2D eigenvalue weighted by Gasteiger charge is -2.23. The molecular formula is C11H16N2O2S. The summed E-state index contributed by atoms with van der Waals surface area (Å²) in [6.45, 7) is 1.69. The van der Waals surface area contributed by atoms with Crippen LogP contribution in [0.3, 0.4) is 0 Å². The van der Waals surface area contributed by atoms with Crippen LogP contribution in [0.15, 0.2) is 35.2 Å². The van der Waals surface area contributed by atoms with Gasteiger partial charge in [-0.15, -0.1) is 0 Å². The summed E-state index contributed by atoms with van der Waals surface area (Å²) in [6.07, 6.45) is 1.92. The van der Waals surface area contributed by atoms with Gasteiger partial charge in [-0.1, -0.05) is 18.2 Å². The summed E-state index contributed by atoms with van der Waals surface area (Å²) in [6, 6.07) is 8.50. The highest BCUT2D eigenvalue weighted by atomic mass is 32.2. The van der Waals surface area contributed by atoms with Gasteiger partial charge in [-0.2, -0.15) is 0 Å². The monoisotopic (exact) mass is 240 g/mol. The number of rotatable bonds is 3. The molecule has 1 fully saturated rings. The SMILES string of the molecule is O=S(=O)(N[C@H]1CCCNC1)c1ccccc1. The van der Waals surface area contributed by atoms with Gasteiger partial charge >= 0.3 is 0 Å². The normalized spacial score (nSPS) is 21.9. The van der Waals surface area contributed by atoms with Crippen LogP contribution in [0, 0.1) is 0 Å². The van der Waals surface area contributed by atoms with Crippen molar-refractivity contribution in [2.24, 2.45) is 0 Å². The van der Waals surface area contributed by atoms with E-state index < -0.39 is 10.0 Å². The fourth-order valence-corrected chi connectivity index (χ4v) is 3.13. The first-order valence-corrected chi connectivity index (χ1v) is 6.95. The predicted octanol–water partition coefficient (Wildman–Crippen LogP) is 0.717. The Hall–Kier alpha value is -0.910. The molecule has 1 saturated heterocycles. The molecule has 1 atom stereocenters. The Labute approximate surface area is 96.1 Å². The number of piperidine rings is 1. The molecule has 2 N–H and O–H groups in total.